The molecule has 1 unspecified atom stereocenters. The van der Waals surface area contributed by atoms with E-state index in [2.05, 4.69) is 0 Å². The number of aliphatic hydroxyl groups excluding tert-OH is 1. The maximum absolute atomic E-state index is 11.5. The lowest BCUT2D eigenvalue weighted by Gasteiger charge is -2.26. The second-order valence-corrected chi connectivity index (χ2v) is 4.61. The third-order valence-electron chi connectivity index (χ3n) is 3.42. The lowest BCUT2D eigenvalue weighted by molar-refractivity contribution is -0.142. The van der Waals surface area contributed by atoms with Crippen molar-refractivity contribution in [3.8, 4) is 0 Å². The average molecular weight is 223 g/mol. The molecule has 1 atom stereocenters. The van der Waals surface area contributed by atoms with Crippen molar-refractivity contribution in [2.45, 2.75) is 45.1 Å². The van der Waals surface area contributed by atoms with Crippen molar-refractivity contribution in [1.29, 1.82) is 5.41 Å². The molecule has 0 bridgehead atoms. The van der Waals surface area contributed by atoms with E-state index < -0.39 is 12.1 Å². The normalized spacial score (nSPS) is 27.1. The van der Waals surface area contributed by atoms with Crippen molar-refractivity contribution < 1.29 is 14.6 Å². The fourth-order valence-corrected chi connectivity index (χ4v) is 2.58. The van der Waals surface area contributed by atoms with Gasteiger partial charge in [-0.3, -0.25) is 0 Å². The van der Waals surface area contributed by atoms with E-state index in [-0.39, 0.29) is 23.0 Å². The van der Waals surface area contributed by atoms with E-state index in [1.165, 1.54) is 13.3 Å². The largest absolute Gasteiger partial charge is 0.507 e. The quantitative estimate of drug-likeness (QED) is 0.557. The van der Waals surface area contributed by atoms with Crippen LogP contribution in [0, 0.1) is 11.3 Å². The van der Waals surface area contributed by atoms with Crippen LogP contribution in [0.1, 0.15) is 39.0 Å². The highest BCUT2D eigenvalue weighted by atomic mass is 16.6. The minimum Gasteiger partial charge on any atom is -0.507 e. The number of cyclic esters (lactones) is 1. The molecule has 2 N–H and O–H groups in total. The topological polar surface area (TPSA) is 70.4 Å². The highest BCUT2D eigenvalue weighted by Crippen LogP contribution is 2.35. The molecule has 2 rings (SSSR count). The van der Waals surface area contributed by atoms with Gasteiger partial charge >= 0.3 is 5.97 Å². The summed E-state index contributed by atoms with van der Waals surface area (Å²) in [6.07, 6.45) is 4.97. The number of rotatable bonds is 2. The highest BCUT2D eigenvalue weighted by Gasteiger charge is 2.40. The molecule has 0 amide bonds. The number of hydrogen-bond acceptors (Lipinski definition) is 4. The van der Waals surface area contributed by atoms with Gasteiger partial charge < -0.3 is 15.3 Å². The maximum atomic E-state index is 11.5. The zero-order chi connectivity index (χ0) is 11.7. The summed E-state index contributed by atoms with van der Waals surface area (Å²) in [5, 5.41) is 17.4. The molecule has 1 aliphatic carbocycles. The minimum atomic E-state index is -0.541. The molecule has 1 heterocycles. The first-order chi connectivity index (χ1) is 7.61. The van der Waals surface area contributed by atoms with Gasteiger partial charge in [-0.05, 0) is 19.8 Å². The van der Waals surface area contributed by atoms with E-state index in [0.717, 1.165) is 25.7 Å². The smallest absolute Gasteiger partial charge is 0.344 e. The Morgan fingerprint density at radius 3 is 2.50 bits per heavy atom. The van der Waals surface area contributed by atoms with Crippen LogP contribution in [0.2, 0.25) is 0 Å². The molecule has 0 aromatic rings. The fraction of sp³-hybridized carbons (Fsp3) is 0.667. The van der Waals surface area contributed by atoms with Crippen LogP contribution in [0.25, 0.3) is 0 Å². The Morgan fingerprint density at radius 1 is 1.38 bits per heavy atom. The molecule has 0 radical (unpaired) electrons. The van der Waals surface area contributed by atoms with Crippen LogP contribution in [0.4, 0.5) is 0 Å². The third kappa shape index (κ3) is 1.84. The second-order valence-electron chi connectivity index (χ2n) is 4.61. The van der Waals surface area contributed by atoms with Gasteiger partial charge in [0.05, 0.1) is 0 Å². The van der Waals surface area contributed by atoms with Crippen LogP contribution in [0.5, 0.6) is 0 Å². The Labute approximate surface area is 94.8 Å². The summed E-state index contributed by atoms with van der Waals surface area (Å²) in [5.74, 6) is -0.334. The summed E-state index contributed by atoms with van der Waals surface area (Å²) >= 11 is 0. The minimum absolute atomic E-state index is 0.0237. The van der Waals surface area contributed by atoms with Gasteiger partial charge in [0.2, 0.25) is 0 Å². The first-order valence-corrected chi connectivity index (χ1v) is 5.81. The van der Waals surface area contributed by atoms with Gasteiger partial charge in [0, 0.05) is 11.6 Å². The molecule has 88 valence electrons. The summed E-state index contributed by atoms with van der Waals surface area (Å²) < 4.78 is 5.18. The summed E-state index contributed by atoms with van der Waals surface area (Å²) in [6.45, 7) is 1.50. The van der Waals surface area contributed by atoms with Crippen LogP contribution >= 0.6 is 0 Å². The zero-order valence-corrected chi connectivity index (χ0v) is 9.45. The number of nitrogens with one attached hydrogen (secondary N) is 1. The number of hydrogen-bond donors (Lipinski definition) is 2. The Balaban J connectivity index is 2.18. The molecule has 4 nitrogen and oxygen atoms in total. The molecule has 1 aliphatic heterocycles. The SMILES string of the molecule is CC(=N)C1=C(O)C(C2CCCCC2)OC1=O. The lowest BCUT2D eigenvalue weighted by Crippen LogP contribution is -2.25. The molecule has 1 fully saturated rings. The first-order valence-electron chi connectivity index (χ1n) is 5.81. The molecule has 0 aromatic heterocycles. The van der Waals surface area contributed by atoms with Crippen molar-refractivity contribution >= 4 is 11.7 Å². The first kappa shape index (κ1) is 11.2. The van der Waals surface area contributed by atoms with E-state index in [1.807, 2.05) is 0 Å². The Morgan fingerprint density at radius 2 is 2.00 bits per heavy atom. The predicted molar refractivity (Wildman–Crippen MR) is 59.5 cm³/mol. The number of carbonyl (C=O) groups excluding carboxylic acids is 1. The van der Waals surface area contributed by atoms with E-state index >= 15 is 0 Å². The molecule has 0 saturated heterocycles. The van der Waals surface area contributed by atoms with Crippen LogP contribution in [-0.4, -0.2) is 22.9 Å². The highest BCUT2D eigenvalue weighted by molar-refractivity contribution is 6.19. The molecule has 0 spiro atoms. The standard InChI is InChI=1S/C12H17NO3/c1-7(13)9-10(14)11(16-12(9)15)8-5-3-2-4-6-8/h8,11,13-14H,2-6H2,1H3. The summed E-state index contributed by atoms with van der Waals surface area (Å²) in [7, 11) is 0. The van der Waals surface area contributed by atoms with Gasteiger partial charge in [-0.1, -0.05) is 19.3 Å². The summed E-state index contributed by atoms with van der Waals surface area (Å²) in [5.41, 5.74) is 0.149. The number of esters is 1. The van der Waals surface area contributed by atoms with Crippen molar-refractivity contribution in [2.24, 2.45) is 5.92 Å². The van der Waals surface area contributed by atoms with Crippen LogP contribution in [-0.2, 0) is 9.53 Å². The van der Waals surface area contributed by atoms with Gasteiger partial charge in [0.25, 0.3) is 0 Å². The van der Waals surface area contributed by atoms with Crippen molar-refractivity contribution in [3.63, 3.8) is 0 Å². The van der Waals surface area contributed by atoms with Crippen LogP contribution in [0.3, 0.4) is 0 Å². The molecular weight excluding hydrogens is 206 g/mol. The van der Waals surface area contributed by atoms with E-state index in [0.29, 0.717) is 0 Å². The van der Waals surface area contributed by atoms with Gasteiger partial charge in [0.1, 0.15) is 11.3 Å². The van der Waals surface area contributed by atoms with Gasteiger partial charge in [0.15, 0.2) is 6.10 Å². The Bertz CT molecular complexity index is 353. The fourth-order valence-electron chi connectivity index (χ4n) is 2.58. The molecule has 4 heteroatoms. The lowest BCUT2D eigenvalue weighted by atomic mass is 9.84. The van der Waals surface area contributed by atoms with E-state index in [1.54, 1.807) is 0 Å². The van der Waals surface area contributed by atoms with Gasteiger partial charge in [-0.2, -0.15) is 0 Å². The molecule has 16 heavy (non-hydrogen) atoms. The number of aliphatic hydroxyl groups is 1. The second kappa shape index (κ2) is 4.28. The zero-order valence-electron chi connectivity index (χ0n) is 9.45. The molecule has 1 saturated carbocycles. The van der Waals surface area contributed by atoms with Crippen LogP contribution < -0.4 is 0 Å². The summed E-state index contributed by atoms with van der Waals surface area (Å²) in [6, 6.07) is 0. The molecule has 2 aliphatic rings. The number of ether oxygens (including phenoxy) is 1. The molecule has 0 aromatic carbocycles. The van der Waals surface area contributed by atoms with Crippen LogP contribution in [0.15, 0.2) is 11.3 Å². The van der Waals surface area contributed by atoms with E-state index in [4.69, 9.17) is 10.1 Å². The summed E-state index contributed by atoms with van der Waals surface area (Å²) in [4.78, 5) is 11.5. The maximum Gasteiger partial charge on any atom is 0.344 e. The Hall–Kier alpha value is -1.32. The monoisotopic (exact) mass is 223 g/mol. The van der Waals surface area contributed by atoms with Crippen molar-refractivity contribution in [2.75, 3.05) is 0 Å². The van der Waals surface area contributed by atoms with Gasteiger partial charge in [-0.25, -0.2) is 4.79 Å². The third-order valence-corrected chi connectivity index (χ3v) is 3.42. The Kier molecular flexibility index (Phi) is 2.99. The van der Waals surface area contributed by atoms with Crippen molar-refractivity contribution in [3.05, 3.63) is 11.3 Å². The molecular formula is C12H17NO3. The number of carbonyl (C=O) groups is 1. The average Bonchev–Trinajstić information content (AvgIpc) is 2.55. The van der Waals surface area contributed by atoms with Gasteiger partial charge in [-0.15, -0.1) is 0 Å². The predicted octanol–water partition coefficient (Wildman–Crippen LogP) is 2.34. The van der Waals surface area contributed by atoms with E-state index in [9.17, 15) is 9.90 Å². The van der Waals surface area contributed by atoms with Crippen molar-refractivity contribution in [1.82, 2.24) is 0 Å².